The fourth-order valence-corrected chi connectivity index (χ4v) is 2.73. The first-order valence-electron chi connectivity index (χ1n) is 8.08. The van der Waals surface area contributed by atoms with Crippen LogP contribution in [0.15, 0.2) is 54.9 Å². The van der Waals surface area contributed by atoms with E-state index >= 15 is 0 Å². The van der Waals surface area contributed by atoms with Gasteiger partial charge in [0.25, 0.3) is 0 Å². The van der Waals surface area contributed by atoms with E-state index in [0.717, 1.165) is 13.1 Å². The van der Waals surface area contributed by atoms with E-state index in [1.807, 2.05) is 18.2 Å². The van der Waals surface area contributed by atoms with Crippen molar-refractivity contribution in [1.29, 1.82) is 0 Å². The molecule has 1 N–H and O–H groups in total. The molecule has 0 amide bonds. The third-order valence-electron chi connectivity index (χ3n) is 3.86. The molecule has 0 fully saturated rings. The van der Waals surface area contributed by atoms with E-state index in [0.29, 0.717) is 18.5 Å². The van der Waals surface area contributed by atoms with Gasteiger partial charge < -0.3 is 14.6 Å². The molecule has 0 aliphatic rings. The Bertz CT molecular complexity index is 750. The molecule has 3 rings (SSSR count). The summed E-state index contributed by atoms with van der Waals surface area (Å²) in [6, 6.07) is 14.7. The first-order valence-corrected chi connectivity index (χ1v) is 8.08. The molecular formula is C19H23N3O. The summed E-state index contributed by atoms with van der Waals surface area (Å²) in [5.74, 6) is 0.672. The molecule has 120 valence electrons. The van der Waals surface area contributed by atoms with Gasteiger partial charge in [0.05, 0.1) is 0 Å². The van der Waals surface area contributed by atoms with Crippen LogP contribution in [-0.2, 0) is 6.54 Å². The van der Waals surface area contributed by atoms with Gasteiger partial charge >= 0.3 is 0 Å². The Morgan fingerprint density at radius 1 is 1.13 bits per heavy atom. The quantitative estimate of drug-likeness (QED) is 0.675. The normalized spacial score (nSPS) is 11.3. The van der Waals surface area contributed by atoms with E-state index in [4.69, 9.17) is 4.74 Å². The Balaban J connectivity index is 1.57. The topological polar surface area (TPSA) is 39.1 Å². The maximum atomic E-state index is 5.60. The van der Waals surface area contributed by atoms with Crippen LogP contribution in [0.2, 0.25) is 0 Å². The molecule has 2 heterocycles. The van der Waals surface area contributed by atoms with Gasteiger partial charge in [-0.1, -0.05) is 24.3 Å². The summed E-state index contributed by atoms with van der Waals surface area (Å²) in [5.41, 5.74) is 2.62. The number of hydrogen-bond donors (Lipinski definition) is 1. The molecule has 0 saturated heterocycles. The zero-order chi connectivity index (χ0) is 16.1. The van der Waals surface area contributed by atoms with Gasteiger partial charge in [-0.15, -0.1) is 0 Å². The average Bonchev–Trinajstić information content (AvgIpc) is 2.95. The highest BCUT2D eigenvalue weighted by Crippen LogP contribution is 2.24. The summed E-state index contributed by atoms with van der Waals surface area (Å²) in [7, 11) is 0. The number of aromatic nitrogens is 2. The molecule has 0 unspecified atom stereocenters. The number of nitrogens with one attached hydrogen (secondary N) is 1. The van der Waals surface area contributed by atoms with E-state index in [1.54, 1.807) is 6.20 Å². The van der Waals surface area contributed by atoms with Crippen LogP contribution in [0, 0.1) is 0 Å². The number of benzene rings is 1. The van der Waals surface area contributed by atoms with E-state index < -0.39 is 0 Å². The second-order valence-electron chi connectivity index (χ2n) is 5.87. The molecule has 0 aliphatic carbocycles. The van der Waals surface area contributed by atoms with E-state index in [2.05, 4.69) is 59.2 Å². The Hall–Kier alpha value is -2.33. The van der Waals surface area contributed by atoms with Crippen molar-refractivity contribution in [2.45, 2.75) is 26.4 Å². The molecular weight excluding hydrogens is 286 g/mol. The number of ether oxygens (including phenoxy) is 1. The zero-order valence-corrected chi connectivity index (χ0v) is 13.7. The highest BCUT2D eigenvalue weighted by atomic mass is 16.5. The second-order valence-corrected chi connectivity index (χ2v) is 5.87. The van der Waals surface area contributed by atoms with Crippen molar-refractivity contribution < 1.29 is 4.74 Å². The van der Waals surface area contributed by atoms with E-state index in [9.17, 15) is 0 Å². The highest BCUT2D eigenvalue weighted by Gasteiger charge is 2.09. The van der Waals surface area contributed by atoms with Crippen molar-refractivity contribution in [2.75, 3.05) is 13.2 Å². The molecule has 4 nitrogen and oxygen atoms in total. The van der Waals surface area contributed by atoms with Crippen molar-refractivity contribution in [1.82, 2.24) is 14.9 Å². The first kappa shape index (κ1) is 15.6. The van der Waals surface area contributed by atoms with Crippen molar-refractivity contribution in [3.8, 4) is 5.88 Å². The fourth-order valence-electron chi connectivity index (χ4n) is 2.73. The third kappa shape index (κ3) is 3.71. The molecule has 0 aliphatic heterocycles. The van der Waals surface area contributed by atoms with Crippen LogP contribution < -0.4 is 10.1 Å². The van der Waals surface area contributed by atoms with E-state index in [1.165, 1.54) is 16.5 Å². The summed E-state index contributed by atoms with van der Waals surface area (Å²) in [5, 5.41) is 4.77. The van der Waals surface area contributed by atoms with Crippen LogP contribution in [0.1, 0.15) is 25.5 Å². The predicted molar refractivity (Wildman–Crippen MR) is 93.8 cm³/mol. The number of nitrogens with zero attached hydrogens (tertiary/aromatic N) is 2. The van der Waals surface area contributed by atoms with Crippen LogP contribution in [0.5, 0.6) is 5.88 Å². The molecule has 0 bridgehead atoms. The van der Waals surface area contributed by atoms with Crippen molar-refractivity contribution in [3.63, 3.8) is 0 Å². The molecule has 0 saturated carbocycles. The van der Waals surface area contributed by atoms with Gasteiger partial charge in [-0.3, -0.25) is 0 Å². The maximum absolute atomic E-state index is 5.60. The molecule has 0 radical (unpaired) electrons. The van der Waals surface area contributed by atoms with Crippen LogP contribution in [-0.4, -0.2) is 22.7 Å². The first-order chi connectivity index (χ1) is 11.3. The summed E-state index contributed by atoms with van der Waals surface area (Å²) >= 11 is 0. The number of rotatable bonds is 7. The lowest BCUT2D eigenvalue weighted by molar-refractivity contribution is 0.302. The monoisotopic (exact) mass is 309 g/mol. The van der Waals surface area contributed by atoms with Gasteiger partial charge in [0.1, 0.15) is 6.61 Å². The largest absolute Gasteiger partial charge is 0.476 e. The Kier molecular flexibility index (Phi) is 4.93. The molecule has 0 atom stereocenters. The SMILES string of the molecule is CC(C)n1cc(CNCCOc2ccccn2)c2ccccc21. The molecule has 1 aromatic carbocycles. The van der Waals surface area contributed by atoms with Crippen molar-refractivity contribution >= 4 is 10.9 Å². The van der Waals surface area contributed by atoms with E-state index in [-0.39, 0.29) is 0 Å². The van der Waals surface area contributed by atoms with Gasteiger partial charge in [-0.2, -0.15) is 0 Å². The minimum Gasteiger partial charge on any atom is -0.476 e. The van der Waals surface area contributed by atoms with Crippen molar-refractivity contribution in [3.05, 3.63) is 60.4 Å². The molecule has 23 heavy (non-hydrogen) atoms. The number of fused-ring (bicyclic) bond motifs is 1. The van der Waals surface area contributed by atoms with Crippen LogP contribution in [0.25, 0.3) is 10.9 Å². The molecule has 4 heteroatoms. The third-order valence-corrected chi connectivity index (χ3v) is 3.86. The number of pyridine rings is 1. The zero-order valence-electron chi connectivity index (χ0n) is 13.7. The summed E-state index contributed by atoms with van der Waals surface area (Å²) in [6.45, 7) is 6.66. The molecule has 0 spiro atoms. The lowest BCUT2D eigenvalue weighted by Crippen LogP contribution is -2.20. The Labute approximate surface area is 137 Å². The van der Waals surface area contributed by atoms with Gasteiger partial charge in [-0.25, -0.2) is 4.98 Å². The average molecular weight is 309 g/mol. The summed E-state index contributed by atoms with van der Waals surface area (Å²) < 4.78 is 7.93. The predicted octanol–water partition coefficient (Wildman–Crippen LogP) is 3.79. The lowest BCUT2D eigenvalue weighted by Gasteiger charge is -2.08. The number of para-hydroxylation sites is 1. The Morgan fingerprint density at radius 2 is 1.96 bits per heavy atom. The molecule has 2 aromatic heterocycles. The van der Waals surface area contributed by atoms with Gasteiger partial charge in [0.15, 0.2) is 0 Å². The Morgan fingerprint density at radius 3 is 2.74 bits per heavy atom. The minimum atomic E-state index is 0.459. The second kappa shape index (κ2) is 7.29. The van der Waals surface area contributed by atoms with Crippen LogP contribution >= 0.6 is 0 Å². The van der Waals surface area contributed by atoms with Crippen LogP contribution in [0.4, 0.5) is 0 Å². The van der Waals surface area contributed by atoms with Gasteiger partial charge in [0, 0.05) is 48.5 Å². The molecule has 3 aromatic rings. The minimum absolute atomic E-state index is 0.459. The van der Waals surface area contributed by atoms with Gasteiger partial charge in [0.2, 0.25) is 5.88 Å². The summed E-state index contributed by atoms with van der Waals surface area (Å²) in [6.07, 6.45) is 3.99. The van der Waals surface area contributed by atoms with Crippen molar-refractivity contribution in [2.24, 2.45) is 0 Å². The number of hydrogen-bond acceptors (Lipinski definition) is 3. The summed E-state index contributed by atoms with van der Waals surface area (Å²) in [4.78, 5) is 4.14. The standard InChI is InChI=1S/C19H23N3O/c1-15(2)22-14-16(17-7-3-4-8-18(17)22)13-20-11-12-23-19-9-5-6-10-21-19/h3-10,14-15,20H,11-13H2,1-2H3. The maximum Gasteiger partial charge on any atom is 0.213 e. The highest BCUT2D eigenvalue weighted by molar-refractivity contribution is 5.84. The smallest absolute Gasteiger partial charge is 0.213 e. The fraction of sp³-hybridized carbons (Fsp3) is 0.316. The van der Waals surface area contributed by atoms with Gasteiger partial charge in [-0.05, 0) is 31.5 Å². The lowest BCUT2D eigenvalue weighted by atomic mass is 10.2. The van der Waals surface area contributed by atoms with Crippen LogP contribution in [0.3, 0.4) is 0 Å².